The highest BCUT2D eigenvalue weighted by molar-refractivity contribution is 6.11. The molecule has 0 amide bonds. The second-order valence-electron chi connectivity index (χ2n) is 14.9. The summed E-state index contributed by atoms with van der Waals surface area (Å²) < 4.78 is 21.3. The first-order valence-corrected chi connectivity index (χ1v) is 19.6. The molecule has 58 heavy (non-hydrogen) atoms. The normalized spacial score (nSPS) is 11.9. The van der Waals surface area contributed by atoms with Crippen LogP contribution < -0.4 is 0 Å². The molecule has 4 aromatic heterocycles. The van der Waals surface area contributed by atoms with E-state index < -0.39 is 0 Å². The molecule has 0 saturated heterocycles. The second-order valence-corrected chi connectivity index (χ2v) is 14.9. The molecule has 0 unspecified atom stereocenters. The van der Waals surface area contributed by atoms with Crippen LogP contribution in [0.2, 0.25) is 0 Å². The molecule has 0 atom stereocenters. The summed E-state index contributed by atoms with van der Waals surface area (Å²) in [6.45, 7) is 0. The zero-order valence-corrected chi connectivity index (χ0v) is 31.2. The van der Waals surface area contributed by atoms with E-state index in [4.69, 9.17) is 13.3 Å². The summed E-state index contributed by atoms with van der Waals surface area (Å²) in [7, 11) is 0. The van der Waals surface area contributed by atoms with Crippen LogP contribution in [0.5, 0.6) is 0 Å². The molecule has 0 saturated carbocycles. The Balaban J connectivity index is 0.867. The Labute approximate surface area is 332 Å². The highest BCUT2D eigenvalue weighted by Crippen LogP contribution is 2.38. The molecular formula is C52H33N3O3. The third kappa shape index (κ3) is 5.26. The van der Waals surface area contributed by atoms with E-state index in [0.29, 0.717) is 11.8 Å². The van der Waals surface area contributed by atoms with Crippen LogP contribution in [0.1, 0.15) is 11.1 Å². The molecule has 6 heteroatoms. The fourth-order valence-electron chi connectivity index (χ4n) is 8.72. The van der Waals surface area contributed by atoms with Crippen LogP contribution in [0.4, 0.5) is 0 Å². The third-order valence-electron chi connectivity index (χ3n) is 11.5. The van der Waals surface area contributed by atoms with Crippen LogP contribution in [-0.4, -0.2) is 14.8 Å². The van der Waals surface area contributed by atoms with Crippen LogP contribution in [0.3, 0.4) is 0 Å². The fourth-order valence-corrected chi connectivity index (χ4v) is 8.72. The first-order valence-electron chi connectivity index (χ1n) is 19.6. The van der Waals surface area contributed by atoms with Gasteiger partial charge in [0.25, 0.3) is 0 Å². The molecule has 0 bridgehead atoms. The summed E-state index contributed by atoms with van der Waals surface area (Å²) in [5, 5.41) is 15.6. The van der Waals surface area contributed by atoms with Crippen molar-refractivity contribution >= 4 is 65.7 Å². The minimum absolute atomic E-state index is 0.444. The summed E-state index contributed by atoms with van der Waals surface area (Å²) in [5.41, 5.74) is 13.5. The molecule has 0 radical (unpaired) electrons. The maximum Gasteiger partial charge on any atom is 0.248 e. The molecule has 0 N–H and O–H groups in total. The standard InChI is InChI=1S/C52H33N3O3/c1-2-10-33(11-3-1)38-13-5-4-12-34(38)20-18-32-19-24-47-41(28-32)42-29-35(21-25-48(42)56-47)51-53-54-52(58-51)36-22-26-49-43(30-36)44-31-37(23-27-50(44)57-49)55-45-16-8-6-14-39(45)40-15-7-9-17-46(40)55/h1-17,19,21-31H,18,20H2. The van der Waals surface area contributed by atoms with Gasteiger partial charge in [-0.3, -0.25) is 0 Å². The number of hydrogen-bond acceptors (Lipinski definition) is 5. The van der Waals surface area contributed by atoms with Gasteiger partial charge in [-0.2, -0.15) is 0 Å². The molecule has 0 aliphatic heterocycles. The molecule has 0 fully saturated rings. The van der Waals surface area contributed by atoms with Crippen LogP contribution in [-0.2, 0) is 12.8 Å². The molecule has 274 valence electrons. The summed E-state index contributed by atoms with van der Waals surface area (Å²) in [4.78, 5) is 0. The number of rotatable bonds is 7. The van der Waals surface area contributed by atoms with Crippen molar-refractivity contribution in [3.63, 3.8) is 0 Å². The smallest absolute Gasteiger partial charge is 0.248 e. The van der Waals surface area contributed by atoms with Crippen molar-refractivity contribution in [3.8, 4) is 39.7 Å². The molecule has 0 aliphatic carbocycles. The monoisotopic (exact) mass is 747 g/mol. The maximum absolute atomic E-state index is 6.38. The van der Waals surface area contributed by atoms with Gasteiger partial charge in [0.1, 0.15) is 22.3 Å². The van der Waals surface area contributed by atoms with E-state index in [1.807, 2.05) is 24.3 Å². The number of hydrogen-bond donors (Lipinski definition) is 0. The average molecular weight is 748 g/mol. The van der Waals surface area contributed by atoms with Crippen molar-refractivity contribution in [3.05, 3.63) is 187 Å². The lowest BCUT2D eigenvalue weighted by Crippen LogP contribution is -1.94. The molecule has 12 rings (SSSR count). The van der Waals surface area contributed by atoms with Gasteiger partial charge in [-0.1, -0.05) is 97.1 Å². The topological polar surface area (TPSA) is 70.1 Å². The largest absolute Gasteiger partial charge is 0.456 e. The van der Waals surface area contributed by atoms with Crippen molar-refractivity contribution in [1.29, 1.82) is 0 Å². The highest BCUT2D eigenvalue weighted by atomic mass is 16.4. The van der Waals surface area contributed by atoms with Gasteiger partial charge < -0.3 is 17.8 Å². The summed E-state index contributed by atoms with van der Waals surface area (Å²) in [6, 6.07) is 61.4. The van der Waals surface area contributed by atoms with Gasteiger partial charge in [0.15, 0.2) is 0 Å². The van der Waals surface area contributed by atoms with E-state index in [1.54, 1.807) is 0 Å². The van der Waals surface area contributed by atoms with E-state index in [9.17, 15) is 0 Å². The zero-order chi connectivity index (χ0) is 38.2. The third-order valence-corrected chi connectivity index (χ3v) is 11.5. The van der Waals surface area contributed by atoms with E-state index >= 15 is 0 Å². The van der Waals surface area contributed by atoms with Crippen LogP contribution >= 0.6 is 0 Å². The number of benzene rings is 8. The molecule has 6 nitrogen and oxygen atoms in total. The summed E-state index contributed by atoms with van der Waals surface area (Å²) in [6.07, 6.45) is 1.85. The van der Waals surface area contributed by atoms with E-state index in [2.05, 4.69) is 166 Å². The van der Waals surface area contributed by atoms with Crippen LogP contribution in [0.25, 0.3) is 105 Å². The van der Waals surface area contributed by atoms with Crippen molar-refractivity contribution in [1.82, 2.24) is 14.8 Å². The second kappa shape index (κ2) is 12.9. The predicted octanol–water partition coefficient (Wildman–Crippen LogP) is 13.8. The SMILES string of the molecule is c1ccc(-c2ccccc2CCc2ccc3oc4ccc(-c5nnc(-c6ccc7oc8ccc(-n9c%10ccccc%10c%10ccccc%109)cc8c7c6)o5)cc4c3c2)cc1. The predicted molar refractivity (Wildman–Crippen MR) is 233 cm³/mol. The Morgan fingerprint density at radius 3 is 1.59 bits per heavy atom. The number of aromatic nitrogens is 3. The van der Waals surface area contributed by atoms with E-state index in [1.165, 1.54) is 33.0 Å². The fraction of sp³-hybridized carbons (Fsp3) is 0.0385. The van der Waals surface area contributed by atoms with Crippen molar-refractivity contribution in [2.45, 2.75) is 12.8 Å². The molecular weight excluding hydrogens is 715 g/mol. The Morgan fingerprint density at radius 1 is 0.379 bits per heavy atom. The highest BCUT2D eigenvalue weighted by Gasteiger charge is 2.18. The Bertz CT molecular complexity index is 3480. The van der Waals surface area contributed by atoms with Crippen LogP contribution in [0.15, 0.2) is 189 Å². The molecule has 4 heterocycles. The number of nitrogens with zero attached hydrogens (tertiary/aromatic N) is 3. The first kappa shape index (κ1) is 32.5. The Kier molecular flexibility index (Phi) is 7.25. The number of para-hydroxylation sites is 2. The van der Waals surface area contributed by atoms with Crippen molar-refractivity contribution in [2.24, 2.45) is 0 Å². The average Bonchev–Trinajstić information content (AvgIpc) is 4.08. The van der Waals surface area contributed by atoms with Gasteiger partial charge in [-0.25, -0.2) is 0 Å². The quantitative estimate of drug-likeness (QED) is 0.162. The lowest BCUT2D eigenvalue weighted by atomic mass is 9.95. The van der Waals surface area contributed by atoms with E-state index in [0.717, 1.165) is 84.6 Å². The Hall–Kier alpha value is -7.70. The number of aryl methyl sites for hydroxylation is 2. The van der Waals surface area contributed by atoms with Crippen LogP contribution in [0, 0.1) is 0 Å². The molecule has 0 aliphatic rings. The molecule has 8 aromatic carbocycles. The Morgan fingerprint density at radius 2 is 0.914 bits per heavy atom. The number of furan rings is 2. The minimum atomic E-state index is 0.444. The number of fused-ring (bicyclic) bond motifs is 9. The summed E-state index contributed by atoms with van der Waals surface area (Å²) in [5.74, 6) is 0.894. The van der Waals surface area contributed by atoms with E-state index in [-0.39, 0.29) is 0 Å². The molecule has 12 aromatic rings. The van der Waals surface area contributed by atoms with Gasteiger partial charge in [-0.15, -0.1) is 10.2 Å². The van der Waals surface area contributed by atoms with Gasteiger partial charge in [0, 0.05) is 49.1 Å². The van der Waals surface area contributed by atoms with Crippen molar-refractivity contribution < 1.29 is 13.3 Å². The summed E-state index contributed by atoms with van der Waals surface area (Å²) >= 11 is 0. The zero-order valence-electron chi connectivity index (χ0n) is 31.2. The first-order chi connectivity index (χ1) is 28.7. The maximum atomic E-state index is 6.38. The lowest BCUT2D eigenvalue weighted by molar-refractivity contribution is 0.584. The lowest BCUT2D eigenvalue weighted by Gasteiger charge is -2.10. The van der Waals surface area contributed by atoms with Gasteiger partial charge in [-0.05, 0) is 114 Å². The molecule has 0 spiro atoms. The minimum Gasteiger partial charge on any atom is -0.456 e. The van der Waals surface area contributed by atoms with Crippen molar-refractivity contribution in [2.75, 3.05) is 0 Å². The van der Waals surface area contributed by atoms with Gasteiger partial charge in [0.2, 0.25) is 11.8 Å². The van der Waals surface area contributed by atoms with Gasteiger partial charge in [0.05, 0.1) is 11.0 Å². The van der Waals surface area contributed by atoms with Gasteiger partial charge >= 0.3 is 0 Å².